The minimum absolute atomic E-state index is 0.782. The Balaban J connectivity index is 1.64. The van der Waals surface area contributed by atoms with Crippen molar-refractivity contribution in [1.29, 1.82) is 0 Å². The van der Waals surface area contributed by atoms with Crippen LogP contribution in [0.15, 0.2) is 78.7 Å². The van der Waals surface area contributed by atoms with Crippen LogP contribution in [-0.4, -0.2) is 20.3 Å². The number of nitrogens with one attached hydrogen (secondary N) is 2. The van der Waals surface area contributed by atoms with Gasteiger partial charge < -0.3 is 10.1 Å². The Morgan fingerprint density at radius 2 is 1.85 bits per heavy atom. The lowest BCUT2D eigenvalue weighted by Crippen LogP contribution is -2.24. The summed E-state index contributed by atoms with van der Waals surface area (Å²) in [6.07, 6.45) is 1.58. The number of aromatic nitrogens is 3. The molecule has 5 heteroatoms. The van der Waals surface area contributed by atoms with Crippen molar-refractivity contribution in [1.82, 2.24) is 15.2 Å². The van der Waals surface area contributed by atoms with E-state index in [4.69, 9.17) is 0 Å². The molecule has 0 saturated heterocycles. The number of rotatable bonds is 4. The second-order valence-electron chi connectivity index (χ2n) is 6.56. The van der Waals surface area contributed by atoms with Crippen LogP contribution in [0, 0.1) is 0 Å². The van der Waals surface area contributed by atoms with Crippen molar-refractivity contribution in [2.45, 2.75) is 5.60 Å². The van der Waals surface area contributed by atoms with Gasteiger partial charge in [0.2, 0.25) is 0 Å². The average molecular weight is 371 g/mol. The maximum atomic E-state index is 11.3. The molecule has 5 aromatic rings. The molecule has 5 rings (SSSR count). The molecular formula is C22H17N3OS. The summed E-state index contributed by atoms with van der Waals surface area (Å²) in [5, 5.41) is 21.9. The van der Waals surface area contributed by atoms with E-state index in [9.17, 15) is 5.11 Å². The molecule has 4 nitrogen and oxygen atoms in total. The van der Waals surface area contributed by atoms with Crippen LogP contribution in [0.25, 0.3) is 32.5 Å². The van der Waals surface area contributed by atoms with Crippen molar-refractivity contribution in [2.75, 3.05) is 0 Å². The molecule has 27 heavy (non-hydrogen) atoms. The second kappa shape index (κ2) is 5.94. The Bertz CT molecular complexity index is 1260. The van der Waals surface area contributed by atoms with Gasteiger partial charge in [0.15, 0.2) is 0 Å². The predicted molar refractivity (Wildman–Crippen MR) is 111 cm³/mol. The van der Waals surface area contributed by atoms with Crippen LogP contribution in [0.2, 0.25) is 0 Å². The Morgan fingerprint density at radius 1 is 1.00 bits per heavy atom. The van der Waals surface area contributed by atoms with Gasteiger partial charge in [-0.15, -0.1) is 11.3 Å². The Labute approximate surface area is 159 Å². The van der Waals surface area contributed by atoms with Crippen molar-refractivity contribution in [3.05, 3.63) is 89.8 Å². The monoisotopic (exact) mass is 371 g/mol. The first-order valence-electron chi connectivity index (χ1n) is 8.66. The third-order valence-corrected chi connectivity index (χ3v) is 5.91. The molecule has 0 aliphatic carbocycles. The largest absolute Gasteiger partial charge is 0.377 e. The summed E-state index contributed by atoms with van der Waals surface area (Å²) in [5.74, 6) is 0. The second-order valence-corrected chi connectivity index (χ2v) is 7.47. The van der Waals surface area contributed by atoms with E-state index in [0.717, 1.165) is 43.6 Å². The van der Waals surface area contributed by atoms with Crippen LogP contribution in [0.5, 0.6) is 0 Å². The topological polar surface area (TPSA) is 64.7 Å². The van der Waals surface area contributed by atoms with E-state index >= 15 is 0 Å². The van der Waals surface area contributed by atoms with Crippen LogP contribution >= 0.6 is 11.3 Å². The fourth-order valence-electron chi connectivity index (χ4n) is 3.52. The number of hydrogen-bond donors (Lipinski definition) is 3. The smallest absolute Gasteiger partial charge is 0.133 e. The third-order valence-electron chi connectivity index (χ3n) is 4.99. The van der Waals surface area contributed by atoms with E-state index in [0.29, 0.717) is 0 Å². The van der Waals surface area contributed by atoms with Crippen molar-refractivity contribution < 1.29 is 5.11 Å². The van der Waals surface area contributed by atoms with Crippen LogP contribution in [0.1, 0.15) is 11.1 Å². The Morgan fingerprint density at radius 3 is 2.67 bits per heavy atom. The summed E-state index contributed by atoms with van der Waals surface area (Å²) in [6.45, 7) is 3.87. The number of hydrogen-bond acceptors (Lipinski definition) is 3. The van der Waals surface area contributed by atoms with Gasteiger partial charge in [0, 0.05) is 10.9 Å². The first-order chi connectivity index (χ1) is 13.2. The highest BCUT2D eigenvalue weighted by molar-refractivity contribution is 7.17. The number of benzene rings is 2. The molecule has 1 atom stereocenters. The summed E-state index contributed by atoms with van der Waals surface area (Å²) >= 11 is 1.67. The molecule has 0 radical (unpaired) electrons. The maximum absolute atomic E-state index is 11.3. The standard InChI is InChI=1S/C22H17N3OS/c1-2-22(26,15-6-4-3-5-7-15)16-8-9-17-14(12-16)13-19(23-17)20-21-18(24-25-20)10-11-27-21/h2-13,23,26H,1H2,(H,24,25). The van der Waals surface area contributed by atoms with Gasteiger partial charge in [-0.2, -0.15) is 5.10 Å². The number of thiophene rings is 1. The van der Waals surface area contributed by atoms with E-state index in [1.54, 1.807) is 17.4 Å². The summed E-state index contributed by atoms with van der Waals surface area (Å²) in [7, 11) is 0. The van der Waals surface area contributed by atoms with Gasteiger partial charge in [-0.3, -0.25) is 5.10 Å². The van der Waals surface area contributed by atoms with Gasteiger partial charge in [0.05, 0.1) is 15.9 Å². The quantitative estimate of drug-likeness (QED) is 0.380. The molecule has 0 amide bonds. The van der Waals surface area contributed by atoms with Crippen molar-refractivity contribution in [3.63, 3.8) is 0 Å². The highest BCUT2D eigenvalue weighted by Gasteiger charge is 2.28. The van der Waals surface area contributed by atoms with Gasteiger partial charge in [-0.05, 0) is 40.8 Å². The van der Waals surface area contributed by atoms with E-state index in [1.165, 1.54) is 0 Å². The minimum atomic E-state index is -1.24. The minimum Gasteiger partial charge on any atom is -0.377 e. The summed E-state index contributed by atoms with van der Waals surface area (Å²) in [4.78, 5) is 3.43. The van der Waals surface area contributed by atoms with E-state index in [2.05, 4.69) is 33.2 Å². The fraction of sp³-hybridized carbons (Fsp3) is 0.0455. The number of H-pyrrole nitrogens is 2. The summed E-state index contributed by atoms with van der Waals surface area (Å²) in [6, 6.07) is 19.6. The number of aliphatic hydroxyl groups is 1. The first kappa shape index (κ1) is 16.1. The zero-order chi connectivity index (χ0) is 18.4. The van der Waals surface area contributed by atoms with Crippen LogP contribution in [-0.2, 0) is 5.60 Å². The normalized spacial score (nSPS) is 13.8. The highest BCUT2D eigenvalue weighted by atomic mass is 32.1. The van der Waals surface area contributed by atoms with E-state index < -0.39 is 5.60 Å². The molecule has 3 heterocycles. The van der Waals surface area contributed by atoms with Crippen molar-refractivity contribution >= 4 is 32.5 Å². The lowest BCUT2D eigenvalue weighted by Gasteiger charge is -2.25. The molecule has 0 bridgehead atoms. The molecule has 0 fully saturated rings. The van der Waals surface area contributed by atoms with Gasteiger partial charge in [0.25, 0.3) is 0 Å². The van der Waals surface area contributed by atoms with Gasteiger partial charge >= 0.3 is 0 Å². The van der Waals surface area contributed by atoms with Crippen LogP contribution < -0.4 is 0 Å². The molecule has 132 valence electrons. The molecule has 3 N–H and O–H groups in total. The maximum Gasteiger partial charge on any atom is 0.133 e. The molecule has 3 aromatic heterocycles. The van der Waals surface area contributed by atoms with E-state index in [-0.39, 0.29) is 0 Å². The Hall–Kier alpha value is -3.15. The van der Waals surface area contributed by atoms with Crippen molar-refractivity contribution in [2.24, 2.45) is 0 Å². The molecule has 0 aliphatic rings. The summed E-state index contributed by atoms with van der Waals surface area (Å²) in [5.41, 5.74) is 4.26. The van der Waals surface area contributed by atoms with Crippen LogP contribution in [0.3, 0.4) is 0 Å². The van der Waals surface area contributed by atoms with E-state index in [1.807, 2.05) is 54.6 Å². The molecule has 0 saturated carbocycles. The average Bonchev–Trinajstić information content (AvgIpc) is 3.42. The number of nitrogens with zero attached hydrogens (tertiary/aromatic N) is 1. The molecule has 0 aliphatic heterocycles. The highest BCUT2D eigenvalue weighted by Crippen LogP contribution is 2.35. The number of aromatic amines is 2. The van der Waals surface area contributed by atoms with Gasteiger partial charge in [-0.25, -0.2) is 0 Å². The molecule has 1 unspecified atom stereocenters. The van der Waals surface area contributed by atoms with Crippen LogP contribution in [0.4, 0.5) is 0 Å². The van der Waals surface area contributed by atoms with Gasteiger partial charge in [0.1, 0.15) is 11.3 Å². The SMILES string of the molecule is C=CC(O)(c1ccccc1)c1ccc2[nH]c(-c3n[nH]c4ccsc34)cc2c1. The number of fused-ring (bicyclic) bond motifs is 2. The zero-order valence-corrected chi connectivity index (χ0v) is 15.3. The fourth-order valence-corrected chi connectivity index (χ4v) is 4.37. The lowest BCUT2D eigenvalue weighted by molar-refractivity contribution is 0.135. The predicted octanol–water partition coefficient (Wildman–Crippen LogP) is 5.19. The summed E-state index contributed by atoms with van der Waals surface area (Å²) < 4.78 is 1.13. The molecule has 0 spiro atoms. The first-order valence-corrected chi connectivity index (χ1v) is 9.54. The zero-order valence-electron chi connectivity index (χ0n) is 14.4. The molecule has 2 aromatic carbocycles. The lowest BCUT2D eigenvalue weighted by atomic mass is 9.86. The van der Waals surface area contributed by atoms with Crippen molar-refractivity contribution in [3.8, 4) is 11.4 Å². The van der Waals surface area contributed by atoms with Gasteiger partial charge in [-0.1, -0.05) is 49.1 Å². The third kappa shape index (κ3) is 2.44. The Kier molecular flexibility index (Phi) is 3.53. The molecular weight excluding hydrogens is 354 g/mol.